The van der Waals surface area contributed by atoms with Gasteiger partial charge in [0.05, 0.1) is 23.1 Å². The van der Waals surface area contributed by atoms with Crippen molar-refractivity contribution in [3.8, 4) is 0 Å². The van der Waals surface area contributed by atoms with Crippen LogP contribution >= 0.6 is 0 Å². The van der Waals surface area contributed by atoms with E-state index in [1.54, 1.807) is 18.3 Å². The van der Waals surface area contributed by atoms with E-state index in [2.05, 4.69) is 15.5 Å². The predicted octanol–water partition coefficient (Wildman–Crippen LogP) is 2.90. The molecule has 2 aromatic rings. The van der Waals surface area contributed by atoms with Crippen molar-refractivity contribution in [2.75, 3.05) is 17.6 Å². The molecule has 98 valence electrons. The number of anilines is 2. The van der Waals surface area contributed by atoms with Gasteiger partial charge in [-0.3, -0.25) is 5.10 Å². The molecule has 4 nitrogen and oxygen atoms in total. The van der Waals surface area contributed by atoms with Gasteiger partial charge in [-0.1, -0.05) is 0 Å². The number of alkyl halides is 3. The number of hydrogen-bond acceptors (Lipinski definition) is 3. The Morgan fingerprint density at radius 2 is 2.11 bits per heavy atom. The van der Waals surface area contributed by atoms with E-state index in [0.29, 0.717) is 11.4 Å². The minimum absolute atomic E-state index is 0.0178. The Hall–Kier alpha value is -1.92. The Balaban J connectivity index is 1.96. The van der Waals surface area contributed by atoms with E-state index < -0.39 is 12.6 Å². The molecule has 0 bridgehead atoms. The number of fused-ring (bicyclic) bond motifs is 1. The Bertz CT molecular complexity index is 533. The first-order valence-corrected chi connectivity index (χ1v) is 5.49. The maximum Gasteiger partial charge on any atom is 0.389 e. The molecule has 0 fully saturated rings. The van der Waals surface area contributed by atoms with Gasteiger partial charge >= 0.3 is 6.18 Å². The number of rotatable bonds is 4. The quantitative estimate of drug-likeness (QED) is 0.583. The summed E-state index contributed by atoms with van der Waals surface area (Å²) >= 11 is 0. The predicted molar refractivity (Wildman–Crippen MR) is 64.3 cm³/mol. The molecule has 0 aliphatic carbocycles. The van der Waals surface area contributed by atoms with Crippen molar-refractivity contribution in [3.63, 3.8) is 0 Å². The fourth-order valence-electron chi connectivity index (χ4n) is 1.67. The Morgan fingerprint density at radius 3 is 2.83 bits per heavy atom. The number of nitrogens with zero attached hydrogens (tertiary/aromatic N) is 1. The van der Waals surface area contributed by atoms with Crippen molar-refractivity contribution in [2.24, 2.45) is 0 Å². The van der Waals surface area contributed by atoms with Crippen LogP contribution in [0.2, 0.25) is 0 Å². The molecule has 0 spiro atoms. The van der Waals surface area contributed by atoms with E-state index in [4.69, 9.17) is 5.73 Å². The summed E-state index contributed by atoms with van der Waals surface area (Å²) < 4.78 is 35.9. The lowest BCUT2D eigenvalue weighted by Crippen LogP contribution is -2.11. The number of nitrogens with two attached hydrogens (primary N) is 1. The van der Waals surface area contributed by atoms with Crippen LogP contribution in [0, 0.1) is 0 Å². The van der Waals surface area contributed by atoms with Gasteiger partial charge in [0.25, 0.3) is 0 Å². The number of nitrogens with one attached hydrogen (secondary N) is 2. The minimum atomic E-state index is -4.11. The number of hydrogen-bond donors (Lipinski definition) is 3. The summed E-state index contributed by atoms with van der Waals surface area (Å²) in [6.07, 6.45) is -3.25. The van der Waals surface area contributed by atoms with Gasteiger partial charge in [0, 0.05) is 18.4 Å². The first-order valence-electron chi connectivity index (χ1n) is 5.49. The number of H-pyrrole nitrogens is 1. The second-order valence-corrected chi connectivity index (χ2v) is 4.04. The largest absolute Gasteiger partial charge is 0.397 e. The zero-order valence-corrected chi connectivity index (χ0v) is 9.51. The third-order valence-corrected chi connectivity index (χ3v) is 2.56. The van der Waals surface area contributed by atoms with E-state index in [-0.39, 0.29) is 13.0 Å². The second kappa shape index (κ2) is 4.75. The van der Waals surface area contributed by atoms with Crippen molar-refractivity contribution in [3.05, 3.63) is 18.3 Å². The summed E-state index contributed by atoms with van der Waals surface area (Å²) in [6.45, 7) is 0.226. The topological polar surface area (TPSA) is 66.7 Å². The van der Waals surface area contributed by atoms with Gasteiger partial charge in [-0.15, -0.1) is 0 Å². The lowest BCUT2D eigenvalue weighted by Gasteiger charge is -2.10. The van der Waals surface area contributed by atoms with Crippen LogP contribution in [-0.2, 0) is 0 Å². The standard InChI is InChI=1S/C11H13F3N4/c12-11(13,14)2-1-3-16-10-5-9-7(4-8(10)15)6-17-18-9/h4-6,16H,1-3,15H2,(H,17,18). The molecule has 0 saturated carbocycles. The van der Waals surface area contributed by atoms with Crippen LogP contribution < -0.4 is 11.1 Å². The first kappa shape index (κ1) is 12.5. The smallest absolute Gasteiger partial charge is 0.389 e. The van der Waals surface area contributed by atoms with Crippen LogP contribution in [0.15, 0.2) is 18.3 Å². The maximum absolute atomic E-state index is 12.0. The molecule has 0 aliphatic heterocycles. The SMILES string of the molecule is Nc1cc2cn[nH]c2cc1NCCCC(F)(F)F. The molecule has 1 aromatic carbocycles. The molecular formula is C11H13F3N4. The zero-order valence-electron chi connectivity index (χ0n) is 9.51. The van der Waals surface area contributed by atoms with Crippen molar-refractivity contribution in [2.45, 2.75) is 19.0 Å². The zero-order chi connectivity index (χ0) is 13.2. The molecule has 0 saturated heterocycles. The molecule has 18 heavy (non-hydrogen) atoms. The summed E-state index contributed by atoms with van der Waals surface area (Å²) in [6, 6.07) is 3.47. The number of benzene rings is 1. The van der Waals surface area contributed by atoms with E-state index in [1.807, 2.05) is 0 Å². The number of aromatic amines is 1. The van der Waals surface area contributed by atoms with Gasteiger partial charge in [-0.25, -0.2) is 0 Å². The van der Waals surface area contributed by atoms with Gasteiger partial charge in [0.2, 0.25) is 0 Å². The highest BCUT2D eigenvalue weighted by Gasteiger charge is 2.25. The molecule has 0 aliphatic rings. The lowest BCUT2D eigenvalue weighted by molar-refractivity contribution is -0.134. The van der Waals surface area contributed by atoms with E-state index in [0.717, 1.165) is 10.9 Å². The van der Waals surface area contributed by atoms with Crippen LogP contribution in [0.3, 0.4) is 0 Å². The van der Waals surface area contributed by atoms with E-state index in [9.17, 15) is 13.2 Å². The van der Waals surface area contributed by atoms with Crippen LogP contribution in [-0.4, -0.2) is 22.9 Å². The Labute approximate surface area is 101 Å². The monoisotopic (exact) mass is 258 g/mol. The van der Waals surface area contributed by atoms with E-state index in [1.165, 1.54) is 0 Å². The normalized spacial score (nSPS) is 11.9. The van der Waals surface area contributed by atoms with Crippen LogP contribution in [0.1, 0.15) is 12.8 Å². The summed E-state index contributed by atoms with van der Waals surface area (Å²) in [5.41, 5.74) is 7.70. The lowest BCUT2D eigenvalue weighted by atomic mass is 10.2. The van der Waals surface area contributed by atoms with Gasteiger partial charge in [-0.05, 0) is 18.6 Å². The van der Waals surface area contributed by atoms with Crippen LogP contribution in [0.4, 0.5) is 24.5 Å². The fraction of sp³-hybridized carbons (Fsp3) is 0.364. The van der Waals surface area contributed by atoms with Crippen molar-refractivity contribution in [1.82, 2.24) is 10.2 Å². The second-order valence-electron chi connectivity index (χ2n) is 4.04. The summed E-state index contributed by atoms with van der Waals surface area (Å²) in [7, 11) is 0. The molecule has 7 heteroatoms. The summed E-state index contributed by atoms with van der Waals surface area (Å²) in [5, 5.41) is 10.4. The molecule has 0 unspecified atom stereocenters. The van der Waals surface area contributed by atoms with Gasteiger partial charge in [-0.2, -0.15) is 18.3 Å². The third-order valence-electron chi connectivity index (χ3n) is 2.56. The molecule has 0 atom stereocenters. The van der Waals surface area contributed by atoms with Crippen LogP contribution in [0.25, 0.3) is 10.9 Å². The average molecular weight is 258 g/mol. The van der Waals surface area contributed by atoms with Crippen molar-refractivity contribution >= 4 is 22.3 Å². The van der Waals surface area contributed by atoms with Crippen molar-refractivity contribution < 1.29 is 13.2 Å². The molecule has 0 amide bonds. The highest BCUT2D eigenvalue weighted by atomic mass is 19.4. The molecular weight excluding hydrogens is 245 g/mol. The number of aromatic nitrogens is 2. The minimum Gasteiger partial charge on any atom is -0.397 e. The number of halogens is 3. The first-order chi connectivity index (χ1) is 8.46. The molecule has 4 N–H and O–H groups in total. The summed E-state index contributed by atoms with van der Waals surface area (Å²) in [5.74, 6) is 0. The van der Waals surface area contributed by atoms with Gasteiger partial charge < -0.3 is 11.1 Å². The fourth-order valence-corrected chi connectivity index (χ4v) is 1.67. The van der Waals surface area contributed by atoms with E-state index >= 15 is 0 Å². The molecule has 1 aromatic heterocycles. The highest BCUT2D eigenvalue weighted by molar-refractivity contribution is 5.88. The van der Waals surface area contributed by atoms with Gasteiger partial charge in [0.15, 0.2) is 0 Å². The van der Waals surface area contributed by atoms with Crippen LogP contribution in [0.5, 0.6) is 0 Å². The number of nitrogen functional groups attached to an aromatic ring is 1. The summed E-state index contributed by atoms with van der Waals surface area (Å²) in [4.78, 5) is 0. The van der Waals surface area contributed by atoms with Gasteiger partial charge in [0.1, 0.15) is 0 Å². The third kappa shape index (κ3) is 3.06. The maximum atomic E-state index is 12.0. The molecule has 2 rings (SSSR count). The Morgan fingerprint density at radius 1 is 1.33 bits per heavy atom. The Kier molecular flexibility index (Phi) is 3.31. The highest BCUT2D eigenvalue weighted by Crippen LogP contribution is 2.25. The molecule has 1 heterocycles. The molecule has 0 radical (unpaired) electrons. The van der Waals surface area contributed by atoms with Crippen molar-refractivity contribution in [1.29, 1.82) is 0 Å². The average Bonchev–Trinajstić information content (AvgIpc) is 2.70.